The minimum Gasteiger partial charge on any atom is -0.442 e. The molecule has 2 heterocycles. The Morgan fingerprint density at radius 2 is 1.89 bits per heavy atom. The number of hydrogen-bond acceptors (Lipinski definition) is 5. The summed E-state index contributed by atoms with van der Waals surface area (Å²) in [6.45, 7) is 1.78. The fourth-order valence-electron chi connectivity index (χ4n) is 4.13. The minimum absolute atomic E-state index is 0.0960. The second kappa shape index (κ2) is 11.7. The summed E-state index contributed by atoms with van der Waals surface area (Å²) >= 11 is 0. The van der Waals surface area contributed by atoms with Crippen molar-refractivity contribution in [3.8, 4) is 11.1 Å². The van der Waals surface area contributed by atoms with Crippen LogP contribution in [0.3, 0.4) is 0 Å². The molecule has 1 aliphatic heterocycles. The number of nitrogens with zero attached hydrogens (tertiary/aromatic N) is 2. The maximum Gasteiger partial charge on any atom is 0.414 e. The average Bonchev–Trinajstić information content (AvgIpc) is 3.28. The number of carbonyl (C=O) groups is 3. The molecule has 196 valence electrons. The number of nitrogens with one attached hydrogen (secondary N) is 1. The molecule has 2 amide bonds. The largest absolute Gasteiger partial charge is 0.442 e. The third kappa shape index (κ3) is 6.42. The number of pyridine rings is 1. The molecule has 0 unspecified atom stereocenters. The maximum absolute atomic E-state index is 15.0. The number of hydrogen-bond donors (Lipinski definition) is 1. The van der Waals surface area contributed by atoms with E-state index in [4.69, 9.17) is 4.74 Å². The van der Waals surface area contributed by atoms with Crippen molar-refractivity contribution in [2.24, 2.45) is 7.05 Å². The predicted molar refractivity (Wildman–Crippen MR) is 142 cm³/mol. The highest BCUT2D eigenvalue weighted by atomic mass is 19.1. The Kier molecular flexibility index (Phi) is 8.15. The number of cyclic esters (lactones) is 1. The molecule has 0 saturated carbocycles. The molecule has 0 radical (unpaired) electrons. The van der Waals surface area contributed by atoms with Crippen molar-refractivity contribution in [1.82, 2.24) is 9.88 Å². The molecule has 3 aromatic rings. The van der Waals surface area contributed by atoms with E-state index in [9.17, 15) is 23.6 Å². The third-order valence-electron chi connectivity index (χ3n) is 6.24. The Morgan fingerprint density at radius 3 is 2.61 bits per heavy atom. The van der Waals surface area contributed by atoms with Gasteiger partial charge in [-0.2, -0.15) is 0 Å². The Labute approximate surface area is 219 Å². The predicted octanol–water partition coefficient (Wildman–Crippen LogP) is 3.87. The van der Waals surface area contributed by atoms with E-state index in [0.29, 0.717) is 28.8 Å². The number of aryl methyl sites for hydroxylation is 2. The monoisotopic (exact) mass is 517 g/mol. The van der Waals surface area contributed by atoms with Crippen molar-refractivity contribution in [3.05, 3.63) is 94.2 Å². The number of ketones is 1. The van der Waals surface area contributed by atoms with Crippen LogP contribution in [-0.4, -0.2) is 41.5 Å². The molecule has 0 spiro atoms. The van der Waals surface area contributed by atoms with Gasteiger partial charge < -0.3 is 14.6 Å². The van der Waals surface area contributed by atoms with Crippen LogP contribution >= 0.6 is 0 Å². The molecular weight excluding hydrogens is 489 g/mol. The van der Waals surface area contributed by atoms with Crippen molar-refractivity contribution < 1.29 is 23.5 Å². The molecule has 0 bridgehead atoms. The molecule has 4 rings (SSSR count). The Morgan fingerprint density at radius 1 is 1.13 bits per heavy atom. The van der Waals surface area contributed by atoms with Gasteiger partial charge in [0.05, 0.1) is 18.8 Å². The highest BCUT2D eigenvalue weighted by molar-refractivity contribution is 5.93. The zero-order valence-corrected chi connectivity index (χ0v) is 21.1. The normalized spacial score (nSPS) is 15.1. The topological polar surface area (TPSA) is 97.7 Å². The first-order valence-corrected chi connectivity index (χ1v) is 12.2. The van der Waals surface area contributed by atoms with Crippen molar-refractivity contribution >= 4 is 29.5 Å². The van der Waals surface area contributed by atoms with Crippen LogP contribution in [0.4, 0.5) is 14.9 Å². The standard InChI is InChI=1S/C29H28FN3O5/c1-19(34)31-17-25-18-33(29(37)38-25)23-11-14-26(27(30)16-23)21-8-5-20(6-9-21)7-12-24(35)13-10-22-4-3-15-32(2)28(22)36/h3-6,8-11,13-16,25H,7,12,17-18H2,1-2H3,(H,31,34)/b13-10+/t25-/m0/s1. The SMILES string of the molecule is CC(=O)NC[C@H]1CN(c2ccc(-c3ccc(CCC(=O)/C=C/c4cccn(C)c4=O)cc3)c(F)c2)C(=O)O1. The lowest BCUT2D eigenvalue weighted by Crippen LogP contribution is -2.33. The van der Waals surface area contributed by atoms with E-state index in [0.717, 1.165) is 5.56 Å². The van der Waals surface area contributed by atoms with E-state index in [1.165, 1.54) is 34.6 Å². The molecule has 1 saturated heterocycles. The number of allylic oxidation sites excluding steroid dienone is 1. The van der Waals surface area contributed by atoms with Gasteiger partial charge >= 0.3 is 6.09 Å². The third-order valence-corrected chi connectivity index (χ3v) is 6.24. The summed E-state index contributed by atoms with van der Waals surface area (Å²) in [4.78, 5) is 48.9. The van der Waals surface area contributed by atoms with E-state index in [2.05, 4.69) is 5.32 Å². The van der Waals surface area contributed by atoms with Crippen molar-refractivity contribution in [2.45, 2.75) is 25.9 Å². The van der Waals surface area contributed by atoms with E-state index in [1.807, 2.05) is 12.1 Å². The summed E-state index contributed by atoms with van der Waals surface area (Å²) in [5.74, 6) is -0.803. The first-order valence-electron chi connectivity index (χ1n) is 12.2. The first kappa shape index (κ1) is 26.5. The molecule has 8 nitrogen and oxygen atoms in total. The van der Waals surface area contributed by atoms with Crippen LogP contribution in [0, 0.1) is 5.82 Å². The Hall–Kier alpha value is -4.53. The van der Waals surface area contributed by atoms with Crippen LogP contribution in [0.5, 0.6) is 0 Å². The summed E-state index contributed by atoms with van der Waals surface area (Å²) in [5.41, 5.74) is 2.62. The van der Waals surface area contributed by atoms with Crippen LogP contribution in [0.1, 0.15) is 24.5 Å². The van der Waals surface area contributed by atoms with Crippen molar-refractivity contribution in [3.63, 3.8) is 0 Å². The second-order valence-electron chi connectivity index (χ2n) is 9.09. The number of carbonyl (C=O) groups excluding carboxylic acids is 3. The van der Waals surface area contributed by atoms with Gasteiger partial charge in [-0.15, -0.1) is 0 Å². The first-order chi connectivity index (χ1) is 18.2. The van der Waals surface area contributed by atoms with Gasteiger partial charge in [-0.05, 0) is 60.0 Å². The summed E-state index contributed by atoms with van der Waals surface area (Å²) in [5, 5.41) is 2.61. The highest BCUT2D eigenvalue weighted by Gasteiger charge is 2.32. The number of rotatable bonds is 9. The van der Waals surface area contributed by atoms with Crippen LogP contribution < -0.4 is 15.8 Å². The van der Waals surface area contributed by atoms with Gasteiger partial charge in [-0.1, -0.05) is 24.3 Å². The number of anilines is 1. The fraction of sp³-hybridized carbons (Fsp3) is 0.241. The van der Waals surface area contributed by atoms with Gasteiger partial charge in [-0.3, -0.25) is 19.3 Å². The minimum atomic E-state index is -0.590. The highest BCUT2D eigenvalue weighted by Crippen LogP contribution is 2.29. The lowest BCUT2D eigenvalue weighted by molar-refractivity contribution is -0.119. The number of amides is 2. The van der Waals surface area contributed by atoms with E-state index >= 15 is 0 Å². The molecule has 1 aromatic heterocycles. The zero-order chi connectivity index (χ0) is 27.2. The smallest absolute Gasteiger partial charge is 0.414 e. The van der Waals surface area contributed by atoms with Crippen LogP contribution in [0.25, 0.3) is 17.2 Å². The van der Waals surface area contributed by atoms with Gasteiger partial charge in [0.1, 0.15) is 11.9 Å². The lowest BCUT2D eigenvalue weighted by atomic mass is 10.0. The van der Waals surface area contributed by atoms with Crippen LogP contribution in [-0.2, 0) is 27.8 Å². The number of ether oxygens (including phenoxy) is 1. The zero-order valence-electron chi connectivity index (χ0n) is 21.1. The summed E-state index contributed by atoms with van der Waals surface area (Å²) in [7, 11) is 1.65. The van der Waals surface area contributed by atoms with E-state index < -0.39 is 18.0 Å². The number of halogens is 1. The van der Waals surface area contributed by atoms with E-state index in [-0.39, 0.29) is 36.8 Å². The molecule has 38 heavy (non-hydrogen) atoms. The van der Waals surface area contributed by atoms with Gasteiger partial charge in [-0.25, -0.2) is 9.18 Å². The molecular formula is C29H28FN3O5. The average molecular weight is 518 g/mol. The second-order valence-corrected chi connectivity index (χ2v) is 9.09. The molecule has 1 N–H and O–H groups in total. The lowest BCUT2D eigenvalue weighted by Gasteiger charge is -2.14. The van der Waals surface area contributed by atoms with Crippen LogP contribution in [0.2, 0.25) is 0 Å². The Bertz CT molecular complexity index is 1450. The van der Waals surface area contributed by atoms with Gasteiger partial charge in [0.2, 0.25) is 5.91 Å². The molecule has 0 aliphatic carbocycles. The summed E-state index contributed by atoms with van der Waals surface area (Å²) < 4.78 is 21.7. The Balaban J connectivity index is 1.35. The fourth-order valence-corrected chi connectivity index (χ4v) is 4.13. The van der Waals surface area contributed by atoms with Gasteiger partial charge in [0.25, 0.3) is 5.56 Å². The molecule has 2 aromatic carbocycles. The van der Waals surface area contributed by atoms with Gasteiger partial charge in [0, 0.05) is 37.7 Å². The van der Waals surface area contributed by atoms with Crippen molar-refractivity contribution in [2.75, 3.05) is 18.0 Å². The summed E-state index contributed by atoms with van der Waals surface area (Å²) in [6, 6.07) is 15.2. The number of benzene rings is 2. The molecule has 1 aliphatic rings. The molecule has 1 fully saturated rings. The van der Waals surface area contributed by atoms with E-state index in [1.54, 1.807) is 49.6 Å². The van der Waals surface area contributed by atoms with Crippen LogP contribution in [0.15, 0.2) is 71.7 Å². The maximum atomic E-state index is 15.0. The van der Waals surface area contributed by atoms with Crippen molar-refractivity contribution in [1.29, 1.82) is 0 Å². The molecule has 1 atom stereocenters. The number of aromatic nitrogens is 1. The van der Waals surface area contributed by atoms with Gasteiger partial charge in [0.15, 0.2) is 5.78 Å². The molecule has 9 heteroatoms. The quantitative estimate of drug-likeness (QED) is 0.435. The summed E-state index contributed by atoms with van der Waals surface area (Å²) in [6.07, 6.45) is 4.30.